The Kier molecular flexibility index (Phi) is 5.79. The van der Waals surface area contributed by atoms with E-state index in [0.29, 0.717) is 43.3 Å². The number of carbonyl (C=O) groups is 1. The van der Waals surface area contributed by atoms with Crippen LogP contribution in [0.3, 0.4) is 0 Å². The zero-order valence-electron chi connectivity index (χ0n) is 20.1. The first kappa shape index (κ1) is 23.4. The van der Waals surface area contributed by atoms with E-state index in [-0.39, 0.29) is 11.3 Å². The molecule has 1 amide bonds. The van der Waals surface area contributed by atoms with E-state index in [9.17, 15) is 13.6 Å². The predicted octanol–water partition coefficient (Wildman–Crippen LogP) is 5.85. The minimum absolute atomic E-state index is 0.0769. The largest absolute Gasteiger partial charge is 0.493 e. The smallest absolute Gasteiger partial charge is 0.258 e. The van der Waals surface area contributed by atoms with Crippen molar-refractivity contribution in [2.75, 3.05) is 31.8 Å². The standard InChI is InChI=1S/C28H24F3N3O3/c1-36-10-3-11-37-19-6-7-24-21(15-19)20-8-9-33-27(25(20)32-24)34(18-5-2-4-16(29)12-18)26-22(28(33)35)13-17(30)14-23(26)31/h2,4-7,12-15,27,32H,3,8-11H2,1H3. The molecule has 2 aliphatic heterocycles. The van der Waals surface area contributed by atoms with E-state index in [1.165, 1.54) is 18.2 Å². The van der Waals surface area contributed by atoms with Gasteiger partial charge < -0.3 is 24.3 Å². The number of aromatic amines is 1. The Labute approximate surface area is 211 Å². The second-order valence-electron chi connectivity index (χ2n) is 9.18. The minimum Gasteiger partial charge on any atom is -0.493 e. The molecule has 0 radical (unpaired) electrons. The van der Waals surface area contributed by atoms with E-state index >= 15 is 4.39 Å². The number of anilines is 2. The summed E-state index contributed by atoms with van der Waals surface area (Å²) in [6, 6.07) is 13.3. The highest BCUT2D eigenvalue weighted by Gasteiger charge is 2.45. The number of carbonyl (C=O) groups excluding carboxylic acids is 1. The van der Waals surface area contributed by atoms with E-state index in [2.05, 4.69) is 4.98 Å². The van der Waals surface area contributed by atoms with Crippen molar-refractivity contribution in [3.05, 3.63) is 88.9 Å². The summed E-state index contributed by atoms with van der Waals surface area (Å²) in [4.78, 5) is 20.1. The van der Waals surface area contributed by atoms with E-state index in [1.54, 1.807) is 23.0 Å². The summed E-state index contributed by atoms with van der Waals surface area (Å²) in [5.41, 5.74) is 2.69. The number of benzene rings is 3. The van der Waals surface area contributed by atoms with E-state index < -0.39 is 29.5 Å². The van der Waals surface area contributed by atoms with Gasteiger partial charge in [0, 0.05) is 49.3 Å². The molecule has 190 valence electrons. The van der Waals surface area contributed by atoms with Gasteiger partial charge in [-0.3, -0.25) is 4.79 Å². The lowest BCUT2D eigenvalue weighted by molar-refractivity contribution is 0.0639. The maximum absolute atomic E-state index is 15.3. The summed E-state index contributed by atoms with van der Waals surface area (Å²) < 4.78 is 54.8. The average molecular weight is 508 g/mol. The van der Waals surface area contributed by atoms with Crippen molar-refractivity contribution < 1.29 is 27.4 Å². The van der Waals surface area contributed by atoms with Gasteiger partial charge in [-0.2, -0.15) is 0 Å². The summed E-state index contributed by atoms with van der Waals surface area (Å²) in [5, 5.41) is 0.941. The van der Waals surface area contributed by atoms with E-state index in [1.807, 2.05) is 18.2 Å². The van der Waals surface area contributed by atoms with Gasteiger partial charge in [-0.05, 0) is 54.4 Å². The number of methoxy groups -OCH3 is 1. The molecule has 9 heteroatoms. The SMILES string of the molecule is COCCCOc1ccc2[nH]c3c(c2c1)CCN1C(=O)c2cc(F)cc(F)c2N(c2cccc(F)c2)C31. The number of hydrogen-bond acceptors (Lipinski definition) is 4. The van der Waals surface area contributed by atoms with Gasteiger partial charge in [-0.15, -0.1) is 0 Å². The Morgan fingerprint density at radius 2 is 1.89 bits per heavy atom. The lowest BCUT2D eigenvalue weighted by Crippen LogP contribution is -2.51. The molecule has 4 aromatic rings. The molecule has 1 N–H and O–H groups in total. The lowest BCUT2D eigenvalue weighted by Gasteiger charge is -2.47. The van der Waals surface area contributed by atoms with E-state index in [4.69, 9.17) is 9.47 Å². The quantitative estimate of drug-likeness (QED) is 0.333. The summed E-state index contributed by atoms with van der Waals surface area (Å²) in [6.07, 6.45) is 0.519. The van der Waals surface area contributed by atoms with E-state index in [0.717, 1.165) is 35.0 Å². The molecule has 2 aliphatic rings. The molecule has 0 aliphatic carbocycles. The first-order valence-electron chi connectivity index (χ1n) is 12.1. The Morgan fingerprint density at radius 3 is 2.70 bits per heavy atom. The first-order valence-corrected chi connectivity index (χ1v) is 12.1. The maximum Gasteiger partial charge on any atom is 0.258 e. The topological polar surface area (TPSA) is 57.8 Å². The molecule has 0 spiro atoms. The zero-order chi connectivity index (χ0) is 25.7. The van der Waals surface area contributed by atoms with Crippen LogP contribution in [0.5, 0.6) is 5.75 Å². The van der Waals surface area contributed by atoms with Crippen molar-refractivity contribution >= 4 is 28.2 Å². The Morgan fingerprint density at radius 1 is 1.03 bits per heavy atom. The Bertz CT molecular complexity index is 1520. The third-order valence-electron chi connectivity index (χ3n) is 6.92. The molecule has 1 unspecified atom stereocenters. The van der Waals surface area contributed by atoms with Crippen molar-refractivity contribution in [1.82, 2.24) is 9.88 Å². The van der Waals surface area contributed by atoms with Gasteiger partial charge in [0.15, 0.2) is 12.0 Å². The molecule has 1 aromatic heterocycles. The number of nitrogens with one attached hydrogen (secondary N) is 1. The van der Waals surface area contributed by atoms with Gasteiger partial charge in [-0.25, -0.2) is 13.2 Å². The van der Waals surface area contributed by atoms with Crippen LogP contribution in [0, 0.1) is 17.5 Å². The summed E-state index contributed by atoms with van der Waals surface area (Å²) in [7, 11) is 1.64. The van der Waals surface area contributed by atoms with Crippen LogP contribution in [0.2, 0.25) is 0 Å². The third kappa shape index (κ3) is 3.90. The molecule has 0 fully saturated rings. The van der Waals surface area contributed by atoms with Crippen LogP contribution < -0.4 is 9.64 Å². The van der Waals surface area contributed by atoms with Crippen LogP contribution in [-0.4, -0.2) is 42.7 Å². The minimum atomic E-state index is -0.887. The first-order chi connectivity index (χ1) is 18.0. The highest BCUT2D eigenvalue weighted by Crippen LogP contribution is 2.48. The summed E-state index contributed by atoms with van der Waals surface area (Å²) in [5.74, 6) is -2.00. The highest BCUT2D eigenvalue weighted by molar-refractivity contribution is 6.04. The third-order valence-corrected chi connectivity index (χ3v) is 6.92. The monoisotopic (exact) mass is 507 g/mol. The second kappa shape index (κ2) is 9.15. The maximum atomic E-state index is 15.3. The fourth-order valence-corrected chi connectivity index (χ4v) is 5.36. The number of fused-ring (bicyclic) bond motifs is 6. The predicted molar refractivity (Wildman–Crippen MR) is 133 cm³/mol. The van der Waals surface area contributed by atoms with Crippen LogP contribution in [0.15, 0.2) is 54.6 Å². The molecular formula is C28H24F3N3O3. The van der Waals surface area contributed by atoms with Crippen molar-refractivity contribution in [1.29, 1.82) is 0 Å². The normalized spacial score (nSPS) is 16.5. The van der Waals surface area contributed by atoms with Crippen molar-refractivity contribution in [2.45, 2.75) is 19.0 Å². The van der Waals surface area contributed by atoms with Crippen molar-refractivity contribution in [2.24, 2.45) is 0 Å². The number of ether oxygens (including phenoxy) is 2. The molecule has 6 nitrogen and oxygen atoms in total. The fraction of sp³-hybridized carbons (Fsp3) is 0.250. The molecule has 1 atom stereocenters. The molecule has 6 rings (SSSR count). The molecular weight excluding hydrogens is 483 g/mol. The van der Waals surface area contributed by atoms with Gasteiger partial charge in [0.1, 0.15) is 17.4 Å². The molecule has 37 heavy (non-hydrogen) atoms. The molecule has 0 bridgehead atoms. The average Bonchev–Trinajstić information content (AvgIpc) is 3.25. The number of rotatable bonds is 6. The molecule has 0 saturated heterocycles. The number of amides is 1. The van der Waals surface area contributed by atoms with Gasteiger partial charge >= 0.3 is 0 Å². The van der Waals surface area contributed by atoms with Crippen LogP contribution in [0.4, 0.5) is 24.5 Å². The van der Waals surface area contributed by atoms with Crippen LogP contribution in [0.1, 0.15) is 34.2 Å². The zero-order valence-corrected chi connectivity index (χ0v) is 20.1. The Hall–Kier alpha value is -3.98. The molecule has 3 aromatic carbocycles. The summed E-state index contributed by atoms with van der Waals surface area (Å²) in [6.45, 7) is 1.44. The van der Waals surface area contributed by atoms with Crippen LogP contribution in [0.25, 0.3) is 10.9 Å². The van der Waals surface area contributed by atoms with Gasteiger partial charge in [0.05, 0.1) is 23.6 Å². The second-order valence-corrected chi connectivity index (χ2v) is 9.18. The molecule has 3 heterocycles. The fourth-order valence-electron chi connectivity index (χ4n) is 5.36. The van der Waals surface area contributed by atoms with Gasteiger partial charge in [0.2, 0.25) is 0 Å². The Balaban J connectivity index is 1.50. The number of halogens is 3. The van der Waals surface area contributed by atoms with Gasteiger partial charge in [0.25, 0.3) is 5.91 Å². The number of nitrogens with zero attached hydrogens (tertiary/aromatic N) is 2. The number of H-pyrrole nitrogens is 1. The van der Waals surface area contributed by atoms with Gasteiger partial charge in [-0.1, -0.05) is 6.07 Å². The lowest BCUT2D eigenvalue weighted by atomic mass is 9.94. The highest BCUT2D eigenvalue weighted by atomic mass is 19.1. The van der Waals surface area contributed by atoms with Crippen molar-refractivity contribution in [3.63, 3.8) is 0 Å². The van der Waals surface area contributed by atoms with Crippen LogP contribution in [-0.2, 0) is 11.2 Å². The number of hydrogen-bond donors (Lipinski definition) is 1. The summed E-state index contributed by atoms with van der Waals surface area (Å²) >= 11 is 0. The molecule has 0 saturated carbocycles. The van der Waals surface area contributed by atoms with Crippen molar-refractivity contribution in [3.8, 4) is 5.75 Å². The van der Waals surface area contributed by atoms with Crippen LogP contribution >= 0.6 is 0 Å². The number of aromatic nitrogens is 1.